The van der Waals surface area contributed by atoms with Gasteiger partial charge in [-0.15, -0.1) is 0 Å². The van der Waals surface area contributed by atoms with Gasteiger partial charge in [0.15, 0.2) is 15.0 Å². The largest absolute Gasteiger partial charge is 0.494 e. The summed E-state index contributed by atoms with van der Waals surface area (Å²) >= 11 is 1.28. The molecular formula is C27H33N3O6S2. The number of benzene rings is 2. The summed E-state index contributed by atoms with van der Waals surface area (Å²) in [6, 6.07) is 15.3. The van der Waals surface area contributed by atoms with E-state index < -0.39 is 33.5 Å². The number of amides is 2. The number of carbonyl (C=O) groups is 2. The first kappa shape index (κ1) is 28.0. The van der Waals surface area contributed by atoms with Gasteiger partial charge in [-0.25, -0.2) is 13.2 Å². The summed E-state index contributed by atoms with van der Waals surface area (Å²) in [7, 11) is -3.21. The Kier molecular flexibility index (Phi) is 8.37. The Balaban J connectivity index is 1.64. The molecule has 204 valence electrons. The third-order valence-corrected chi connectivity index (χ3v) is 9.18. The monoisotopic (exact) mass is 559 g/mol. The molecule has 2 heterocycles. The maximum absolute atomic E-state index is 13.5. The molecule has 2 amide bonds. The number of rotatable bonds is 7. The highest BCUT2D eigenvalue weighted by molar-refractivity contribution is 8.16. The quantitative estimate of drug-likeness (QED) is 0.545. The molecule has 2 aliphatic rings. The van der Waals surface area contributed by atoms with Crippen molar-refractivity contribution in [2.75, 3.05) is 23.0 Å². The fourth-order valence-corrected chi connectivity index (χ4v) is 8.33. The fraction of sp³-hybridized carbons (Fsp3) is 0.444. The standard InChI is InChI=1S/C27H33N3O6S2/c1-5-35-20-13-11-19(12-14-20)30-22-16-38(33,34)17-23(22)37-25(30)29-24(31)21(15-18-9-7-6-8-10-18)28-26(32)36-27(2,3)4/h6-14,21-23H,5,15-17H2,1-4H3,(H,28,32)/t21-,22+,23-/m1/s1. The van der Waals surface area contributed by atoms with Crippen LogP contribution in [0, 0.1) is 0 Å². The van der Waals surface area contributed by atoms with Crippen LogP contribution in [-0.4, -0.2) is 66.6 Å². The summed E-state index contributed by atoms with van der Waals surface area (Å²) in [6.07, 6.45) is -0.484. The van der Waals surface area contributed by atoms with Gasteiger partial charge in [-0.1, -0.05) is 42.1 Å². The van der Waals surface area contributed by atoms with E-state index in [0.717, 1.165) is 11.3 Å². The molecule has 2 aromatic rings. The second-order valence-electron chi connectivity index (χ2n) is 10.2. The second-order valence-corrected chi connectivity index (χ2v) is 13.6. The molecule has 2 aromatic carbocycles. The van der Waals surface area contributed by atoms with Crippen molar-refractivity contribution < 1.29 is 27.5 Å². The number of anilines is 1. The van der Waals surface area contributed by atoms with Crippen LogP contribution < -0.4 is 15.0 Å². The number of nitrogens with zero attached hydrogens (tertiary/aromatic N) is 2. The number of ether oxygens (including phenoxy) is 2. The zero-order valence-corrected chi connectivity index (χ0v) is 23.6. The molecule has 0 aliphatic carbocycles. The lowest BCUT2D eigenvalue weighted by molar-refractivity contribution is -0.119. The Bertz CT molecular complexity index is 1290. The molecular weight excluding hydrogens is 526 g/mol. The average Bonchev–Trinajstić information content (AvgIpc) is 3.29. The topological polar surface area (TPSA) is 114 Å². The maximum atomic E-state index is 13.5. The van der Waals surface area contributed by atoms with Crippen LogP contribution in [0.25, 0.3) is 0 Å². The molecule has 1 N–H and O–H groups in total. The summed E-state index contributed by atoms with van der Waals surface area (Å²) in [4.78, 5) is 32.4. The number of aliphatic imine (C=N–C) groups is 1. The lowest BCUT2D eigenvalue weighted by Crippen LogP contribution is -2.45. The first-order chi connectivity index (χ1) is 17.9. The predicted molar refractivity (Wildman–Crippen MR) is 150 cm³/mol. The Morgan fingerprint density at radius 2 is 1.79 bits per heavy atom. The molecule has 0 aromatic heterocycles. The number of amidine groups is 1. The van der Waals surface area contributed by atoms with Gasteiger partial charge in [0.1, 0.15) is 17.4 Å². The average molecular weight is 560 g/mol. The number of carbonyl (C=O) groups excluding carboxylic acids is 2. The summed E-state index contributed by atoms with van der Waals surface area (Å²) in [5.74, 6) is 0.153. The van der Waals surface area contributed by atoms with Crippen molar-refractivity contribution in [3.63, 3.8) is 0 Å². The number of nitrogens with one attached hydrogen (secondary N) is 1. The highest BCUT2D eigenvalue weighted by atomic mass is 32.2. The van der Waals surface area contributed by atoms with E-state index in [4.69, 9.17) is 9.47 Å². The minimum Gasteiger partial charge on any atom is -0.494 e. The van der Waals surface area contributed by atoms with E-state index in [9.17, 15) is 18.0 Å². The molecule has 0 saturated carbocycles. The van der Waals surface area contributed by atoms with E-state index in [1.807, 2.05) is 66.4 Å². The zero-order chi connectivity index (χ0) is 27.5. The van der Waals surface area contributed by atoms with E-state index in [2.05, 4.69) is 10.3 Å². The SMILES string of the molecule is CCOc1ccc(N2C(=NC(=O)[C@@H](Cc3ccccc3)NC(=O)OC(C)(C)C)S[C@@H]3CS(=O)(=O)C[C@@H]32)cc1. The van der Waals surface area contributed by atoms with Crippen LogP contribution in [0.5, 0.6) is 5.75 Å². The van der Waals surface area contributed by atoms with Crippen molar-refractivity contribution in [1.82, 2.24) is 5.32 Å². The van der Waals surface area contributed by atoms with Gasteiger partial charge in [-0.2, -0.15) is 4.99 Å². The Hall–Kier alpha value is -3.05. The first-order valence-corrected chi connectivity index (χ1v) is 15.2. The van der Waals surface area contributed by atoms with Crippen molar-refractivity contribution in [2.24, 2.45) is 4.99 Å². The van der Waals surface area contributed by atoms with E-state index in [0.29, 0.717) is 17.5 Å². The van der Waals surface area contributed by atoms with E-state index in [1.54, 1.807) is 20.8 Å². The number of alkyl carbamates (subject to hydrolysis) is 1. The molecule has 2 aliphatic heterocycles. The van der Waals surface area contributed by atoms with E-state index >= 15 is 0 Å². The first-order valence-electron chi connectivity index (χ1n) is 12.5. The summed E-state index contributed by atoms with van der Waals surface area (Å²) < 4.78 is 35.7. The molecule has 2 fully saturated rings. The minimum atomic E-state index is -3.21. The molecule has 0 spiro atoms. The third kappa shape index (κ3) is 7.08. The number of hydrogen-bond donors (Lipinski definition) is 1. The molecule has 0 bridgehead atoms. The smallest absolute Gasteiger partial charge is 0.408 e. The van der Waals surface area contributed by atoms with Crippen molar-refractivity contribution in [1.29, 1.82) is 0 Å². The molecule has 2 saturated heterocycles. The van der Waals surface area contributed by atoms with Gasteiger partial charge in [0.25, 0.3) is 5.91 Å². The normalized spacial score (nSPS) is 22.1. The van der Waals surface area contributed by atoms with Crippen LogP contribution >= 0.6 is 11.8 Å². The van der Waals surface area contributed by atoms with Crippen LogP contribution in [0.4, 0.5) is 10.5 Å². The molecule has 0 radical (unpaired) electrons. The molecule has 0 unspecified atom stereocenters. The third-order valence-electron chi connectivity index (χ3n) is 5.97. The van der Waals surface area contributed by atoms with Crippen molar-refractivity contribution in [2.45, 2.75) is 57.1 Å². The van der Waals surface area contributed by atoms with E-state index in [-0.39, 0.29) is 29.2 Å². The van der Waals surface area contributed by atoms with E-state index in [1.165, 1.54) is 11.8 Å². The molecule has 3 atom stereocenters. The summed E-state index contributed by atoms with van der Waals surface area (Å²) in [6.45, 7) is 7.66. The van der Waals surface area contributed by atoms with Gasteiger partial charge in [-0.3, -0.25) is 4.79 Å². The van der Waals surface area contributed by atoms with Crippen molar-refractivity contribution >= 4 is 44.5 Å². The van der Waals surface area contributed by atoms with Crippen LogP contribution in [0.15, 0.2) is 59.6 Å². The highest BCUT2D eigenvalue weighted by Crippen LogP contribution is 2.41. The number of thioether (sulfide) groups is 1. The fourth-order valence-electron chi connectivity index (χ4n) is 4.41. The van der Waals surface area contributed by atoms with Gasteiger partial charge in [0.2, 0.25) is 0 Å². The Morgan fingerprint density at radius 1 is 1.11 bits per heavy atom. The van der Waals surface area contributed by atoms with Gasteiger partial charge in [0.05, 0.1) is 24.2 Å². The van der Waals surface area contributed by atoms with Crippen molar-refractivity contribution in [3.05, 3.63) is 60.2 Å². The molecule has 9 nitrogen and oxygen atoms in total. The van der Waals surface area contributed by atoms with Crippen LogP contribution in [0.3, 0.4) is 0 Å². The number of sulfone groups is 1. The highest BCUT2D eigenvalue weighted by Gasteiger charge is 2.49. The van der Waals surface area contributed by atoms with Crippen LogP contribution in [-0.2, 0) is 25.8 Å². The van der Waals surface area contributed by atoms with Crippen LogP contribution in [0.1, 0.15) is 33.3 Å². The van der Waals surface area contributed by atoms with Crippen LogP contribution in [0.2, 0.25) is 0 Å². The summed E-state index contributed by atoms with van der Waals surface area (Å²) in [5, 5.41) is 2.84. The Morgan fingerprint density at radius 3 is 2.42 bits per heavy atom. The number of hydrogen-bond acceptors (Lipinski definition) is 7. The maximum Gasteiger partial charge on any atom is 0.408 e. The van der Waals surface area contributed by atoms with Gasteiger partial charge >= 0.3 is 6.09 Å². The van der Waals surface area contributed by atoms with Gasteiger partial charge in [0, 0.05) is 17.4 Å². The Labute approximate surface area is 227 Å². The molecule has 38 heavy (non-hydrogen) atoms. The lowest BCUT2D eigenvalue weighted by Gasteiger charge is -2.25. The van der Waals surface area contributed by atoms with Gasteiger partial charge in [-0.05, 0) is 57.5 Å². The minimum absolute atomic E-state index is 0.0192. The molecule has 4 rings (SSSR count). The van der Waals surface area contributed by atoms with Crippen molar-refractivity contribution in [3.8, 4) is 5.75 Å². The summed E-state index contributed by atoms with van der Waals surface area (Å²) in [5.41, 5.74) is 0.842. The lowest BCUT2D eigenvalue weighted by atomic mass is 10.1. The van der Waals surface area contributed by atoms with Gasteiger partial charge < -0.3 is 19.7 Å². The molecule has 11 heteroatoms. The number of fused-ring (bicyclic) bond motifs is 1. The zero-order valence-electron chi connectivity index (χ0n) is 21.9. The predicted octanol–water partition coefficient (Wildman–Crippen LogP) is 3.82. The second kappa shape index (κ2) is 11.4.